The van der Waals surface area contributed by atoms with E-state index in [1.807, 2.05) is 6.07 Å². The highest BCUT2D eigenvalue weighted by Crippen LogP contribution is 2.39. The summed E-state index contributed by atoms with van der Waals surface area (Å²) in [5, 5.41) is 11.7. The van der Waals surface area contributed by atoms with Crippen LogP contribution >= 0.6 is 22.7 Å². The van der Waals surface area contributed by atoms with Gasteiger partial charge in [0, 0.05) is 20.2 Å². The molecule has 0 saturated carbocycles. The SMILES string of the molecule is Fc1cc2c(ccc3c2ccc2c4ccc5sccc5c4ccc32)s1. The summed E-state index contributed by atoms with van der Waals surface area (Å²) in [6.45, 7) is 0. The van der Waals surface area contributed by atoms with Crippen LogP contribution in [0.15, 0.2) is 66.0 Å². The van der Waals surface area contributed by atoms with Crippen molar-refractivity contribution in [2.75, 3.05) is 0 Å². The van der Waals surface area contributed by atoms with Crippen LogP contribution in [0.2, 0.25) is 0 Å². The maximum absolute atomic E-state index is 13.7. The number of benzene rings is 4. The molecule has 0 bridgehead atoms. The van der Waals surface area contributed by atoms with Crippen molar-refractivity contribution in [1.29, 1.82) is 0 Å². The second-order valence-corrected chi connectivity index (χ2v) is 8.32. The quantitative estimate of drug-likeness (QED) is 0.244. The number of fused-ring (bicyclic) bond motifs is 9. The molecule has 0 saturated heterocycles. The van der Waals surface area contributed by atoms with Gasteiger partial charge < -0.3 is 0 Å². The fourth-order valence-electron chi connectivity index (χ4n) is 3.98. The van der Waals surface area contributed by atoms with Crippen molar-refractivity contribution in [2.45, 2.75) is 0 Å². The second kappa shape index (κ2) is 4.78. The first-order valence-electron chi connectivity index (χ1n) is 8.13. The minimum absolute atomic E-state index is 0.124. The van der Waals surface area contributed by atoms with Gasteiger partial charge in [-0.05, 0) is 62.0 Å². The van der Waals surface area contributed by atoms with Crippen LogP contribution in [0.4, 0.5) is 4.39 Å². The van der Waals surface area contributed by atoms with Gasteiger partial charge in [0.05, 0.1) is 0 Å². The fourth-order valence-corrected chi connectivity index (χ4v) is 5.58. The zero-order chi connectivity index (χ0) is 16.5. The highest BCUT2D eigenvalue weighted by molar-refractivity contribution is 7.17. The topological polar surface area (TPSA) is 0 Å². The van der Waals surface area contributed by atoms with E-state index in [0.29, 0.717) is 0 Å². The number of halogens is 1. The summed E-state index contributed by atoms with van der Waals surface area (Å²) in [4.78, 5) is 0. The fraction of sp³-hybridized carbons (Fsp3) is 0. The molecule has 0 aliphatic heterocycles. The molecule has 4 aromatic carbocycles. The molecule has 0 aliphatic rings. The lowest BCUT2D eigenvalue weighted by molar-refractivity contribution is 0.658. The van der Waals surface area contributed by atoms with Crippen molar-refractivity contribution in [3.05, 3.63) is 71.2 Å². The number of hydrogen-bond acceptors (Lipinski definition) is 2. The van der Waals surface area contributed by atoms with Crippen LogP contribution in [-0.2, 0) is 0 Å². The first kappa shape index (κ1) is 13.8. The average molecular weight is 358 g/mol. The van der Waals surface area contributed by atoms with Gasteiger partial charge >= 0.3 is 0 Å². The molecule has 2 aromatic heterocycles. The Morgan fingerprint density at radius 3 is 1.72 bits per heavy atom. The normalized spacial score (nSPS) is 12.2. The molecule has 0 atom stereocenters. The van der Waals surface area contributed by atoms with Gasteiger partial charge in [-0.3, -0.25) is 0 Å². The Labute approximate surface area is 150 Å². The van der Waals surface area contributed by atoms with Crippen molar-refractivity contribution in [3.63, 3.8) is 0 Å². The highest BCUT2D eigenvalue weighted by atomic mass is 32.1. The molecular weight excluding hydrogens is 347 g/mol. The van der Waals surface area contributed by atoms with E-state index in [1.165, 1.54) is 48.4 Å². The minimum Gasteiger partial charge on any atom is -0.195 e. The van der Waals surface area contributed by atoms with Crippen LogP contribution in [-0.4, -0.2) is 0 Å². The summed E-state index contributed by atoms with van der Waals surface area (Å²) < 4.78 is 16.0. The van der Waals surface area contributed by atoms with Gasteiger partial charge in [-0.1, -0.05) is 36.4 Å². The van der Waals surface area contributed by atoms with E-state index in [0.717, 1.165) is 15.5 Å². The standard InChI is InChI=1S/C22H11FS2/c23-22-11-19-17-4-2-12-13(15(17)6-8-21(19)25-22)1-3-16-14(12)5-7-20-18(16)9-10-24-20/h1-11H. The van der Waals surface area contributed by atoms with E-state index < -0.39 is 0 Å². The summed E-state index contributed by atoms with van der Waals surface area (Å²) in [6, 6.07) is 21.2. The van der Waals surface area contributed by atoms with Crippen LogP contribution in [0, 0.1) is 5.13 Å². The first-order chi connectivity index (χ1) is 12.3. The third kappa shape index (κ3) is 1.80. The van der Waals surface area contributed by atoms with Crippen molar-refractivity contribution >= 4 is 75.2 Å². The Balaban J connectivity index is 1.83. The highest BCUT2D eigenvalue weighted by Gasteiger charge is 2.11. The van der Waals surface area contributed by atoms with Crippen LogP contribution in [0.3, 0.4) is 0 Å². The summed E-state index contributed by atoms with van der Waals surface area (Å²) in [5.41, 5.74) is 0. The molecule has 0 unspecified atom stereocenters. The zero-order valence-electron chi connectivity index (χ0n) is 13.0. The minimum atomic E-state index is -0.124. The van der Waals surface area contributed by atoms with E-state index in [-0.39, 0.29) is 5.13 Å². The number of rotatable bonds is 0. The molecule has 0 radical (unpaired) electrons. The van der Waals surface area contributed by atoms with Gasteiger partial charge in [0.15, 0.2) is 5.13 Å². The third-order valence-corrected chi connectivity index (χ3v) is 6.86. The van der Waals surface area contributed by atoms with Gasteiger partial charge in [-0.2, -0.15) is 4.39 Å². The molecule has 0 aliphatic carbocycles. The molecule has 25 heavy (non-hydrogen) atoms. The summed E-state index contributed by atoms with van der Waals surface area (Å²) in [7, 11) is 0. The first-order valence-corrected chi connectivity index (χ1v) is 9.83. The molecule has 0 fully saturated rings. The summed E-state index contributed by atoms with van der Waals surface area (Å²) >= 11 is 2.99. The lowest BCUT2D eigenvalue weighted by Gasteiger charge is -2.09. The molecular formula is C22H11FS2. The monoisotopic (exact) mass is 358 g/mol. The molecule has 6 aromatic rings. The van der Waals surface area contributed by atoms with E-state index >= 15 is 0 Å². The molecule has 2 heterocycles. The average Bonchev–Trinajstić information content (AvgIpc) is 3.25. The summed E-state index contributed by atoms with van der Waals surface area (Å²) in [6.07, 6.45) is 0. The Hall–Kier alpha value is -2.49. The van der Waals surface area contributed by atoms with E-state index in [9.17, 15) is 4.39 Å². The predicted molar refractivity (Wildman–Crippen MR) is 110 cm³/mol. The van der Waals surface area contributed by atoms with Gasteiger partial charge in [-0.15, -0.1) is 22.7 Å². The maximum atomic E-state index is 13.7. The second-order valence-electron chi connectivity index (χ2n) is 6.34. The van der Waals surface area contributed by atoms with Gasteiger partial charge in [-0.25, -0.2) is 0 Å². The lowest BCUT2D eigenvalue weighted by atomic mass is 9.95. The molecule has 0 N–H and O–H groups in total. The van der Waals surface area contributed by atoms with Crippen LogP contribution < -0.4 is 0 Å². The van der Waals surface area contributed by atoms with Crippen LogP contribution in [0.25, 0.3) is 52.5 Å². The predicted octanol–water partition coefficient (Wildman–Crippen LogP) is 7.71. The lowest BCUT2D eigenvalue weighted by Crippen LogP contribution is -1.81. The summed E-state index contributed by atoms with van der Waals surface area (Å²) in [5.74, 6) is 0. The third-order valence-electron chi connectivity index (χ3n) is 5.09. The zero-order valence-corrected chi connectivity index (χ0v) is 14.7. The Morgan fingerprint density at radius 2 is 1.04 bits per heavy atom. The van der Waals surface area contributed by atoms with Crippen molar-refractivity contribution in [2.24, 2.45) is 0 Å². The maximum Gasteiger partial charge on any atom is 0.177 e. The van der Waals surface area contributed by atoms with Gasteiger partial charge in [0.25, 0.3) is 0 Å². The van der Waals surface area contributed by atoms with Crippen LogP contribution in [0.5, 0.6) is 0 Å². The molecule has 0 nitrogen and oxygen atoms in total. The van der Waals surface area contributed by atoms with Crippen LogP contribution in [0.1, 0.15) is 0 Å². The Kier molecular flexibility index (Phi) is 2.63. The van der Waals surface area contributed by atoms with E-state index in [2.05, 4.69) is 53.9 Å². The number of hydrogen-bond donors (Lipinski definition) is 0. The molecule has 118 valence electrons. The molecule has 0 spiro atoms. The Morgan fingerprint density at radius 1 is 0.520 bits per heavy atom. The smallest absolute Gasteiger partial charge is 0.177 e. The van der Waals surface area contributed by atoms with E-state index in [4.69, 9.17) is 0 Å². The molecule has 0 amide bonds. The van der Waals surface area contributed by atoms with Gasteiger partial charge in [0.2, 0.25) is 0 Å². The van der Waals surface area contributed by atoms with Crippen molar-refractivity contribution in [1.82, 2.24) is 0 Å². The van der Waals surface area contributed by atoms with Gasteiger partial charge in [0.1, 0.15) is 0 Å². The largest absolute Gasteiger partial charge is 0.195 e. The van der Waals surface area contributed by atoms with E-state index in [1.54, 1.807) is 17.4 Å². The molecule has 3 heteroatoms. The Bertz CT molecular complexity index is 1450. The number of thiophene rings is 2. The molecule has 6 rings (SSSR count). The van der Waals surface area contributed by atoms with Crippen molar-refractivity contribution < 1.29 is 4.39 Å². The van der Waals surface area contributed by atoms with Crippen molar-refractivity contribution in [3.8, 4) is 0 Å².